The fourth-order valence-electron chi connectivity index (χ4n) is 10.3. The fourth-order valence-corrected chi connectivity index (χ4v) is 10.3. The second-order valence-corrected chi connectivity index (χ2v) is 18.3. The molecule has 4 aliphatic rings. The minimum atomic E-state index is -4.72. The van der Waals surface area contributed by atoms with Crippen LogP contribution in [-0.2, 0) is 23.2 Å². The van der Waals surface area contributed by atoms with Crippen LogP contribution in [0.4, 0.5) is 37.7 Å². The summed E-state index contributed by atoms with van der Waals surface area (Å²) in [6.07, 6.45) is -13.4. The maximum atomic E-state index is 14.1. The molecule has 65 heavy (non-hydrogen) atoms. The Kier molecular flexibility index (Phi) is 10.8. The van der Waals surface area contributed by atoms with Gasteiger partial charge in [-0.2, -0.15) is 26.3 Å². The molecule has 0 spiro atoms. The maximum absolute atomic E-state index is 14.1. The zero-order valence-electron chi connectivity index (χ0n) is 35.1. The molecule has 0 aromatic heterocycles. The molecule has 12 nitrogen and oxygen atoms in total. The number of phenolic OH excluding ortho intramolecular Hbond substituents is 6. The summed E-state index contributed by atoms with van der Waals surface area (Å²) >= 11 is 0. The lowest BCUT2D eigenvalue weighted by Gasteiger charge is -2.61. The average Bonchev–Trinajstić information content (AvgIpc) is 3.54. The van der Waals surface area contributed by atoms with Gasteiger partial charge >= 0.3 is 12.4 Å². The summed E-state index contributed by atoms with van der Waals surface area (Å²) in [7, 11) is 0. The molecule has 8 rings (SSSR count). The van der Waals surface area contributed by atoms with Gasteiger partial charge in [0.2, 0.25) is 0 Å². The second-order valence-electron chi connectivity index (χ2n) is 18.3. The van der Waals surface area contributed by atoms with Crippen LogP contribution in [0.15, 0.2) is 84.2 Å². The molecule has 0 radical (unpaired) electrons. The summed E-state index contributed by atoms with van der Waals surface area (Å²) in [6.45, 7) is 6.57. The van der Waals surface area contributed by atoms with Crippen molar-refractivity contribution in [1.29, 1.82) is 0 Å². The van der Waals surface area contributed by atoms with Gasteiger partial charge in [-0.3, -0.25) is 0 Å². The molecular weight excluding hydrogens is 867 g/mol. The SMILES string of the molecule is CC1(C)C(=CC2C([O-])C(c3c(O)cc(O)cc3O)C2[O-])N(CCCN2C(=CC3C([O-])C(c4c(O)cc(O)cc4O)C3[O-])C(C)(C)c3cc(C(F)(F)F)ccc32)c2ccc(C(F)(F)F)cc21. The summed E-state index contributed by atoms with van der Waals surface area (Å²) in [6, 6.07) is 9.83. The number of halogens is 6. The van der Waals surface area contributed by atoms with Crippen LogP contribution in [0.2, 0.25) is 0 Å². The van der Waals surface area contributed by atoms with E-state index in [0.29, 0.717) is 22.8 Å². The first-order valence-electron chi connectivity index (χ1n) is 20.7. The predicted molar refractivity (Wildman–Crippen MR) is 215 cm³/mol. The molecule has 2 saturated carbocycles. The summed E-state index contributed by atoms with van der Waals surface area (Å²) in [5, 5.41) is 116. The fraction of sp³-hybridized carbons (Fsp3) is 0.404. The Balaban J connectivity index is 1.14. The number of hydrogen-bond acceptors (Lipinski definition) is 12. The summed E-state index contributed by atoms with van der Waals surface area (Å²) in [4.78, 5) is 3.34. The third-order valence-electron chi connectivity index (χ3n) is 13.7. The molecule has 2 fully saturated rings. The molecule has 4 unspecified atom stereocenters. The first kappa shape index (κ1) is 45.7. The lowest BCUT2D eigenvalue weighted by molar-refractivity contribution is -0.543. The van der Waals surface area contributed by atoms with Crippen LogP contribution in [0.5, 0.6) is 34.5 Å². The van der Waals surface area contributed by atoms with E-state index < -0.39 is 117 Å². The Labute approximate surface area is 368 Å². The largest absolute Gasteiger partial charge is 0.851 e. The third kappa shape index (κ3) is 7.34. The lowest BCUT2D eigenvalue weighted by Crippen LogP contribution is -2.65. The quantitative estimate of drug-likeness (QED) is 0.132. The predicted octanol–water partition coefficient (Wildman–Crippen LogP) is 4.75. The minimum Gasteiger partial charge on any atom is -0.851 e. The molecule has 2 aliphatic carbocycles. The Bertz CT molecular complexity index is 2380. The topological polar surface area (TPSA) is 220 Å². The summed E-state index contributed by atoms with van der Waals surface area (Å²) in [5.74, 6) is -9.05. The summed E-state index contributed by atoms with van der Waals surface area (Å²) in [5.41, 5.74) is -3.24. The Morgan fingerprint density at radius 3 is 1.12 bits per heavy atom. The molecule has 348 valence electrons. The highest BCUT2D eigenvalue weighted by molar-refractivity contribution is 5.73. The molecule has 2 aliphatic heterocycles. The number of nitrogens with zero attached hydrogens (tertiary/aromatic N) is 2. The Morgan fingerprint density at radius 1 is 0.523 bits per heavy atom. The van der Waals surface area contributed by atoms with Crippen molar-refractivity contribution in [3.8, 4) is 34.5 Å². The number of phenols is 6. The number of alkyl halides is 6. The number of fused-ring (bicyclic) bond motifs is 2. The van der Waals surface area contributed by atoms with E-state index in [2.05, 4.69) is 0 Å². The van der Waals surface area contributed by atoms with Crippen molar-refractivity contribution in [2.24, 2.45) is 11.8 Å². The van der Waals surface area contributed by atoms with Gasteiger partial charge in [0.1, 0.15) is 34.5 Å². The van der Waals surface area contributed by atoms with E-state index in [1.54, 1.807) is 37.5 Å². The smallest absolute Gasteiger partial charge is 0.416 e. The van der Waals surface area contributed by atoms with Gasteiger partial charge in [0.15, 0.2) is 0 Å². The van der Waals surface area contributed by atoms with E-state index in [1.807, 2.05) is 0 Å². The van der Waals surface area contributed by atoms with E-state index >= 15 is 0 Å². The molecule has 0 saturated heterocycles. The molecule has 4 atom stereocenters. The second kappa shape index (κ2) is 15.4. The van der Waals surface area contributed by atoms with Crippen LogP contribution in [0.3, 0.4) is 0 Å². The minimum absolute atomic E-state index is 0.0236. The number of aromatic hydroxyl groups is 6. The van der Waals surface area contributed by atoms with E-state index in [0.717, 1.165) is 48.5 Å². The number of benzene rings is 4. The van der Waals surface area contributed by atoms with Gasteiger partial charge in [-0.25, -0.2) is 0 Å². The Morgan fingerprint density at radius 2 is 0.831 bits per heavy atom. The highest BCUT2D eigenvalue weighted by Gasteiger charge is 2.48. The summed E-state index contributed by atoms with van der Waals surface area (Å²) < 4.78 is 84.4. The van der Waals surface area contributed by atoms with E-state index in [1.165, 1.54) is 24.3 Å². The number of rotatable bonds is 8. The zero-order chi connectivity index (χ0) is 47.6. The molecule has 0 bridgehead atoms. The van der Waals surface area contributed by atoms with Crippen molar-refractivity contribution < 1.29 is 77.4 Å². The van der Waals surface area contributed by atoms with Crippen LogP contribution in [0.1, 0.15) is 79.3 Å². The standard InChI is InChI=1S/C47H44F6N2O10/c1-44(2)26-12-20(46(48,49)50)6-8-28(26)54(34(44)18-24-40(62)38(41(24)63)36-30(58)14-22(56)15-31(36)59)10-5-11-55-29-9-7-21(47(51,52)53)13-27(29)45(3,4)35(55)19-25-42(64)39(43(25)65)37-32(60)16-23(57)17-33(37)61/h6-9,12-19,24-25,38-43,56-61H,5,10-11H2,1-4H3/q-4. The van der Waals surface area contributed by atoms with Crippen molar-refractivity contribution in [3.05, 3.63) is 118 Å². The highest BCUT2D eigenvalue weighted by atomic mass is 19.4. The highest BCUT2D eigenvalue weighted by Crippen LogP contribution is 2.56. The van der Waals surface area contributed by atoms with Gasteiger partial charge in [0, 0.05) is 82.1 Å². The van der Waals surface area contributed by atoms with Crippen molar-refractivity contribution >= 4 is 11.4 Å². The van der Waals surface area contributed by atoms with Crippen molar-refractivity contribution in [2.75, 3.05) is 22.9 Å². The molecular formula is C47H44F6N2O10-4. The van der Waals surface area contributed by atoms with Crippen molar-refractivity contribution in [3.63, 3.8) is 0 Å². The van der Waals surface area contributed by atoms with E-state index in [9.17, 15) is 77.4 Å². The molecule has 18 heteroatoms. The van der Waals surface area contributed by atoms with Gasteiger partial charge in [-0.15, -0.1) is 24.4 Å². The van der Waals surface area contributed by atoms with Crippen LogP contribution in [0.25, 0.3) is 0 Å². The van der Waals surface area contributed by atoms with Gasteiger partial charge < -0.3 is 60.9 Å². The number of allylic oxidation sites excluding steroid dienone is 2. The van der Waals surface area contributed by atoms with E-state index in [-0.39, 0.29) is 41.8 Å². The first-order valence-corrected chi connectivity index (χ1v) is 20.7. The number of anilines is 2. The number of hydrogen-bond donors (Lipinski definition) is 6. The zero-order valence-corrected chi connectivity index (χ0v) is 35.1. The molecule has 0 amide bonds. The maximum Gasteiger partial charge on any atom is 0.416 e. The van der Waals surface area contributed by atoms with Crippen molar-refractivity contribution in [1.82, 2.24) is 0 Å². The van der Waals surface area contributed by atoms with Gasteiger partial charge in [-0.1, -0.05) is 39.8 Å². The molecule has 6 N–H and O–H groups in total. The van der Waals surface area contributed by atoms with Crippen molar-refractivity contribution in [2.45, 2.75) is 93.6 Å². The van der Waals surface area contributed by atoms with Gasteiger partial charge in [-0.05, 0) is 77.6 Å². The lowest BCUT2D eigenvalue weighted by atomic mass is 9.64. The molecule has 4 aromatic rings. The molecule has 4 aromatic carbocycles. The van der Waals surface area contributed by atoms with Crippen LogP contribution >= 0.6 is 0 Å². The van der Waals surface area contributed by atoms with Gasteiger partial charge in [0.05, 0.1) is 11.1 Å². The third-order valence-corrected chi connectivity index (χ3v) is 13.7. The first-order chi connectivity index (χ1) is 30.2. The van der Waals surface area contributed by atoms with E-state index in [4.69, 9.17) is 0 Å². The van der Waals surface area contributed by atoms with Crippen LogP contribution in [0, 0.1) is 11.8 Å². The molecule has 2 heterocycles. The van der Waals surface area contributed by atoms with Crippen LogP contribution < -0.4 is 30.2 Å². The van der Waals surface area contributed by atoms with Gasteiger partial charge in [0.25, 0.3) is 0 Å². The monoisotopic (exact) mass is 910 g/mol. The Hall–Kier alpha value is -5.82. The normalized spacial score (nSPS) is 28.0. The van der Waals surface area contributed by atoms with Crippen LogP contribution in [-0.4, -0.2) is 68.1 Å². The average molecular weight is 911 g/mol.